The molecule has 0 aromatic carbocycles. The lowest BCUT2D eigenvalue weighted by Crippen LogP contribution is -2.40. The van der Waals surface area contributed by atoms with Crippen molar-refractivity contribution in [2.24, 2.45) is 5.92 Å². The fourth-order valence-corrected chi connectivity index (χ4v) is 1.81. The molecular formula is C11H19NO4. The smallest absolute Gasteiger partial charge is 0.325 e. The second kappa shape index (κ2) is 5.84. The summed E-state index contributed by atoms with van der Waals surface area (Å²) in [4.78, 5) is 24.6. The maximum absolute atomic E-state index is 12.0. The Kier molecular flexibility index (Phi) is 4.73. The molecule has 1 saturated heterocycles. The van der Waals surface area contributed by atoms with Crippen LogP contribution in [0.25, 0.3) is 0 Å². The Morgan fingerprint density at radius 1 is 1.50 bits per heavy atom. The van der Waals surface area contributed by atoms with Gasteiger partial charge in [0.2, 0.25) is 5.91 Å². The molecular weight excluding hydrogens is 210 g/mol. The monoisotopic (exact) mass is 229 g/mol. The van der Waals surface area contributed by atoms with Gasteiger partial charge in [-0.3, -0.25) is 9.59 Å². The molecule has 0 radical (unpaired) electrons. The predicted molar refractivity (Wildman–Crippen MR) is 57.8 cm³/mol. The van der Waals surface area contributed by atoms with Crippen LogP contribution in [0.5, 0.6) is 0 Å². The molecule has 5 heteroatoms. The fraction of sp³-hybridized carbons (Fsp3) is 0.818. The number of ether oxygens (including phenoxy) is 2. The van der Waals surface area contributed by atoms with E-state index in [4.69, 9.17) is 4.74 Å². The van der Waals surface area contributed by atoms with Crippen LogP contribution in [-0.2, 0) is 19.1 Å². The molecule has 0 N–H and O–H groups in total. The second-order valence-corrected chi connectivity index (χ2v) is 4.01. The van der Waals surface area contributed by atoms with Crippen molar-refractivity contribution in [3.8, 4) is 0 Å². The minimum absolute atomic E-state index is 0.0164. The van der Waals surface area contributed by atoms with Gasteiger partial charge in [0, 0.05) is 6.54 Å². The summed E-state index contributed by atoms with van der Waals surface area (Å²) in [6.45, 7) is 4.79. The molecule has 16 heavy (non-hydrogen) atoms. The molecule has 5 nitrogen and oxygen atoms in total. The predicted octanol–water partition coefficient (Wildman–Crippen LogP) is 0.433. The van der Waals surface area contributed by atoms with Crippen LogP contribution in [0.1, 0.15) is 20.3 Å². The lowest BCUT2D eigenvalue weighted by molar-refractivity contribution is -0.148. The van der Waals surface area contributed by atoms with Gasteiger partial charge in [0.05, 0.1) is 25.7 Å². The molecule has 2 atom stereocenters. The number of likely N-dealkylation sites (N-methyl/N-ethyl adjacent to an activating group) is 1. The molecule has 0 aliphatic carbocycles. The van der Waals surface area contributed by atoms with Crippen molar-refractivity contribution in [2.75, 3.05) is 26.8 Å². The maximum Gasteiger partial charge on any atom is 0.325 e. The molecule has 0 aromatic rings. The summed E-state index contributed by atoms with van der Waals surface area (Å²) in [6.07, 6.45) is 0.863. The van der Waals surface area contributed by atoms with E-state index in [0.717, 1.165) is 6.42 Å². The molecule has 1 fully saturated rings. The van der Waals surface area contributed by atoms with Crippen molar-refractivity contribution in [3.63, 3.8) is 0 Å². The number of hydrogen-bond donors (Lipinski definition) is 0. The van der Waals surface area contributed by atoms with Gasteiger partial charge in [0.25, 0.3) is 0 Å². The average molecular weight is 229 g/mol. The van der Waals surface area contributed by atoms with Crippen LogP contribution >= 0.6 is 0 Å². The van der Waals surface area contributed by atoms with Crippen LogP contribution in [0.15, 0.2) is 0 Å². The summed E-state index contributed by atoms with van der Waals surface area (Å²) in [6, 6.07) is 0. The molecule has 92 valence electrons. The summed E-state index contributed by atoms with van der Waals surface area (Å²) in [5.74, 6) is -0.515. The van der Waals surface area contributed by atoms with Crippen molar-refractivity contribution in [1.29, 1.82) is 0 Å². The average Bonchev–Trinajstić information content (AvgIpc) is 2.71. The van der Waals surface area contributed by atoms with Gasteiger partial charge in [-0.15, -0.1) is 0 Å². The van der Waals surface area contributed by atoms with Crippen LogP contribution in [0.3, 0.4) is 0 Å². The number of esters is 1. The summed E-state index contributed by atoms with van der Waals surface area (Å²) >= 11 is 0. The van der Waals surface area contributed by atoms with Gasteiger partial charge < -0.3 is 14.4 Å². The zero-order chi connectivity index (χ0) is 12.1. The highest BCUT2D eigenvalue weighted by molar-refractivity contribution is 5.83. The Hall–Kier alpha value is -1.10. The van der Waals surface area contributed by atoms with E-state index in [0.29, 0.717) is 13.2 Å². The minimum atomic E-state index is -0.387. The first-order chi connectivity index (χ1) is 7.58. The highest BCUT2D eigenvalue weighted by Crippen LogP contribution is 2.21. The van der Waals surface area contributed by atoms with Crippen LogP contribution in [0, 0.1) is 5.92 Å². The molecule has 1 rings (SSSR count). The van der Waals surface area contributed by atoms with E-state index >= 15 is 0 Å². The van der Waals surface area contributed by atoms with E-state index in [2.05, 4.69) is 4.74 Å². The molecule has 0 spiro atoms. The van der Waals surface area contributed by atoms with E-state index in [1.54, 1.807) is 0 Å². The van der Waals surface area contributed by atoms with E-state index in [1.165, 1.54) is 12.0 Å². The van der Waals surface area contributed by atoms with E-state index in [-0.39, 0.29) is 30.4 Å². The maximum atomic E-state index is 12.0. The fourth-order valence-electron chi connectivity index (χ4n) is 1.81. The Labute approximate surface area is 95.7 Å². The lowest BCUT2D eigenvalue weighted by atomic mass is 10.0. The first kappa shape index (κ1) is 13.0. The molecule has 1 aliphatic heterocycles. The van der Waals surface area contributed by atoms with Gasteiger partial charge in [-0.25, -0.2) is 0 Å². The number of amides is 1. The van der Waals surface area contributed by atoms with Crippen LogP contribution in [0.4, 0.5) is 0 Å². The van der Waals surface area contributed by atoms with Gasteiger partial charge in [-0.05, 0) is 20.3 Å². The van der Waals surface area contributed by atoms with Crippen molar-refractivity contribution >= 4 is 11.9 Å². The number of hydrogen-bond acceptors (Lipinski definition) is 4. The van der Waals surface area contributed by atoms with E-state index < -0.39 is 0 Å². The number of carbonyl (C=O) groups excluding carboxylic acids is 2. The van der Waals surface area contributed by atoms with Gasteiger partial charge in [0.1, 0.15) is 6.54 Å². The third-order valence-corrected chi connectivity index (χ3v) is 2.79. The van der Waals surface area contributed by atoms with Crippen LogP contribution < -0.4 is 0 Å². The molecule has 0 aromatic heterocycles. The van der Waals surface area contributed by atoms with E-state index in [1.807, 2.05) is 13.8 Å². The van der Waals surface area contributed by atoms with Crippen molar-refractivity contribution in [2.45, 2.75) is 26.4 Å². The van der Waals surface area contributed by atoms with Crippen molar-refractivity contribution in [3.05, 3.63) is 0 Å². The highest BCUT2D eigenvalue weighted by atomic mass is 16.5. The number of nitrogens with zero attached hydrogens (tertiary/aromatic N) is 1. The van der Waals surface area contributed by atoms with Crippen LogP contribution in [0.2, 0.25) is 0 Å². The Bertz CT molecular complexity index is 267. The largest absolute Gasteiger partial charge is 0.468 e. The molecule has 1 aliphatic rings. The number of carbonyl (C=O) groups is 2. The zero-order valence-electron chi connectivity index (χ0n) is 10.1. The van der Waals surface area contributed by atoms with Gasteiger partial charge in [-0.1, -0.05) is 0 Å². The summed E-state index contributed by atoms with van der Waals surface area (Å²) in [5.41, 5.74) is 0. The number of methoxy groups -OCH3 is 1. The summed E-state index contributed by atoms with van der Waals surface area (Å²) in [5, 5.41) is 0. The lowest BCUT2D eigenvalue weighted by Gasteiger charge is -2.22. The Morgan fingerprint density at radius 3 is 2.62 bits per heavy atom. The highest BCUT2D eigenvalue weighted by Gasteiger charge is 2.31. The zero-order valence-corrected chi connectivity index (χ0v) is 10.1. The Morgan fingerprint density at radius 2 is 2.19 bits per heavy atom. The SMILES string of the molecule is CCN(CC(=O)OC)C(=O)C1COC(C)C1. The summed E-state index contributed by atoms with van der Waals surface area (Å²) < 4.78 is 9.90. The second-order valence-electron chi connectivity index (χ2n) is 4.01. The van der Waals surface area contributed by atoms with Gasteiger partial charge >= 0.3 is 5.97 Å². The molecule has 1 heterocycles. The third-order valence-electron chi connectivity index (χ3n) is 2.79. The first-order valence-corrected chi connectivity index (χ1v) is 5.55. The summed E-state index contributed by atoms with van der Waals surface area (Å²) in [7, 11) is 1.32. The molecule has 0 saturated carbocycles. The third kappa shape index (κ3) is 3.20. The Balaban J connectivity index is 2.52. The van der Waals surface area contributed by atoms with Crippen molar-refractivity contribution in [1.82, 2.24) is 4.90 Å². The molecule has 1 amide bonds. The topological polar surface area (TPSA) is 55.8 Å². The first-order valence-electron chi connectivity index (χ1n) is 5.55. The van der Waals surface area contributed by atoms with E-state index in [9.17, 15) is 9.59 Å². The molecule has 2 unspecified atom stereocenters. The van der Waals surface area contributed by atoms with Crippen molar-refractivity contribution < 1.29 is 19.1 Å². The minimum Gasteiger partial charge on any atom is -0.468 e. The standard InChI is InChI=1S/C11H19NO4/c1-4-12(6-10(13)15-3)11(14)9-5-8(2)16-7-9/h8-9H,4-7H2,1-3H3. The number of rotatable bonds is 4. The van der Waals surface area contributed by atoms with Crippen LogP contribution in [-0.4, -0.2) is 49.7 Å². The normalized spacial score (nSPS) is 24.2. The van der Waals surface area contributed by atoms with Gasteiger partial charge in [-0.2, -0.15) is 0 Å². The quantitative estimate of drug-likeness (QED) is 0.656. The molecule has 0 bridgehead atoms. The van der Waals surface area contributed by atoms with Gasteiger partial charge in [0.15, 0.2) is 0 Å².